The van der Waals surface area contributed by atoms with Crippen molar-refractivity contribution in [2.24, 2.45) is 0 Å². The summed E-state index contributed by atoms with van der Waals surface area (Å²) in [5.74, 6) is 0.363. The van der Waals surface area contributed by atoms with Gasteiger partial charge in [0.2, 0.25) is 10.0 Å². The molecule has 0 spiro atoms. The van der Waals surface area contributed by atoms with E-state index in [1.807, 2.05) is 12.1 Å². The molecule has 2 aromatic carbocycles. The first-order valence-corrected chi connectivity index (χ1v) is 11.8. The molecule has 0 bridgehead atoms. The standard InChI is InChI=1S/C22H25N3O7S/c1-17(26)6-7-18-8-10-19(11-9-18)32-16-22(27)23-12-14-24(15-13-23)33(30,31)21-5-3-2-4-20(21)25(28)29/h2-5,8-11H,6-7,12-16H2,1H3. The second-order valence-corrected chi connectivity index (χ2v) is 9.55. The minimum atomic E-state index is -4.06. The summed E-state index contributed by atoms with van der Waals surface area (Å²) >= 11 is 0. The molecule has 1 aliphatic rings. The molecule has 3 rings (SSSR count). The van der Waals surface area contributed by atoms with Crippen molar-refractivity contribution in [1.82, 2.24) is 9.21 Å². The summed E-state index contributed by atoms with van der Waals surface area (Å²) in [4.78, 5) is 35.2. The van der Waals surface area contributed by atoms with Crippen molar-refractivity contribution in [3.05, 3.63) is 64.2 Å². The fourth-order valence-corrected chi connectivity index (χ4v) is 5.03. The highest BCUT2D eigenvalue weighted by molar-refractivity contribution is 7.89. The Kier molecular flexibility index (Phi) is 7.77. The van der Waals surface area contributed by atoms with Crippen LogP contribution in [-0.4, -0.2) is 67.0 Å². The van der Waals surface area contributed by atoms with E-state index in [1.165, 1.54) is 23.1 Å². The Balaban J connectivity index is 1.53. The van der Waals surface area contributed by atoms with Crippen LogP contribution in [0, 0.1) is 10.1 Å². The highest BCUT2D eigenvalue weighted by atomic mass is 32.2. The first-order valence-electron chi connectivity index (χ1n) is 10.4. The summed E-state index contributed by atoms with van der Waals surface area (Å²) in [7, 11) is -4.06. The van der Waals surface area contributed by atoms with Crippen LogP contribution in [0.1, 0.15) is 18.9 Å². The predicted octanol–water partition coefficient (Wildman–Crippen LogP) is 2.03. The van der Waals surface area contributed by atoms with Gasteiger partial charge in [-0.3, -0.25) is 14.9 Å². The van der Waals surface area contributed by atoms with Gasteiger partial charge < -0.3 is 14.4 Å². The van der Waals surface area contributed by atoms with Crippen LogP contribution in [0.15, 0.2) is 53.4 Å². The van der Waals surface area contributed by atoms with E-state index in [2.05, 4.69) is 0 Å². The van der Waals surface area contributed by atoms with Gasteiger partial charge in [-0.15, -0.1) is 0 Å². The second-order valence-electron chi connectivity index (χ2n) is 7.64. The van der Waals surface area contributed by atoms with Crippen LogP contribution < -0.4 is 4.74 Å². The molecule has 176 valence electrons. The molecule has 10 nitrogen and oxygen atoms in total. The molecule has 1 amide bonds. The number of ether oxygens (including phenoxy) is 1. The molecule has 11 heteroatoms. The number of sulfonamides is 1. The molecule has 2 aromatic rings. The van der Waals surface area contributed by atoms with Crippen molar-refractivity contribution < 1.29 is 27.7 Å². The van der Waals surface area contributed by atoms with Gasteiger partial charge in [-0.05, 0) is 37.1 Å². The zero-order valence-corrected chi connectivity index (χ0v) is 19.0. The summed E-state index contributed by atoms with van der Waals surface area (Å²) in [6, 6.07) is 12.4. The number of nitro benzene ring substituents is 1. The largest absolute Gasteiger partial charge is 0.484 e. The molecule has 33 heavy (non-hydrogen) atoms. The lowest BCUT2D eigenvalue weighted by Crippen LogP contribution is -2.51. The quantitative estimate of drug-likeness (QED) is 0.401. The molecule has 0 aromatic heterocycles. The summed E-state index contributed by atoms with van der Waals surface area (Å²) in [6.07, 6.45) is 1.12. The number of amides is 1. The Morgan fingerprint density at radius 3 is 2.27 bits per heavy atom. The number of benzene rings is 2. The normalized spacial score (nSPS) is 14.6. The Hall–Kier alpha value is -3.31. The molecule has 0 atom stereocenters. The van der Waals surface area contributed by atoms with E-state index in [0.29, 0.717) is 18.6 Å². The highest BCUT2D eigenvalue weighted by Gasteiger charge is 2.34. The maximum absolute atomic E-state index is 12.9. The minimum Gasteiger partial charge on any atom is -0.484 e. The molecule has 1 saturated heterocycles. The van der Waals surface area contributed by atoms with Crippen LogP contribution in [0.25, 0.3) is 0 Å². The number of nitrogens with zero attached hydrogens (tertiary/aromatic N) is 3. The van der Waals surface area contributed by atoms with Crippen molar-refractivity contribution in [1.29, 1.82) is 0 Å². The third kappa shape index (κ3) is 6.14. The van der Waals surface area contributed by atoms with Gasteiger partial charge in [0.25, 0.3) is 11.6 Å². The Labute approximate surface area is 192 Å². The third-order valence-corrected chi connectivity index (χ3v) is 7.27. The second kappa shape index (κ2) is 10.5. The number of para-hydroxylation sites is 1. The van der Waals surface area contributed by atoms with E-state index >= 15 is 0 Å². The van der Waals surface area contributed by atoms with Gasteiger partial charge in [0, 0.05) is 38.7 Å². The van der Waals surface area contributed by atoms with Crippen LogP contribution in [0.2, 0.25) is 0 Å². The zero-order chi connectivity index (χ0) is 24.0. The molecule has 0 radical (unpaired) electrons. The predicted molar refractivity (Wildman–Crippen MR) is 119 cm³/mol. The zero-order valence-electron chi connectivity index (χ0n) is 18.2. The summed E-state index contributed by atoms with van der Waals surface area (Å²) in [5, 5.41) is 11.2. The van der Waals surface area contributed by atoms with E-state index in [0.717, 1.165) is 15.9 Å². The lowest BCUT2D eigenvalue weighted by molar-refractivity contribution is -0.387. The number of ketones is 1. The van der Waals surface area contributed by atoms with Crippen molar-refractivity contribution in [2.75, 3.05) is 32.8 Å². The molecule has 0 unspecified atom stereocenters. The van der Waals surface area contributed by atoms with E-state index in [9.17, 15) is 28.1 Å². The molecule has 0 saturated carbocycles. The van der Waals surface area contributed by atoms with E-state index < -0.39 is 20.6 Å². The van der Waals surface area contributed by atoms with Crippen LogP contribution in [0.3, 0.4) is 0 Å². The monoisotopic (exact) mass is 475 g/mol. The fourth-order valence-electron chi connectivity index (χ4n) is 3.45. The summed E-state index contributed by atoms with van der Waals surface area (Å²) < 4.78 is 32.5. The topological polar surface area (TPSA) is 127 Å². The maximum atomic E-state index is 12.9. The maximum Gasteiger partial charge on any atom is 0.289 e. The lowest BCUT2D eigenvalue weighted by atomic mass is 10.1. The molecule has 0 aliphatic carbocycles. The Morgan fingerprint density at radius 1 is 1.03 bits per heavy atom. The van der Waals surface area contributed by atoms with Gasteiger partial charge in [-0.1, -0.05) is 24.3 Å². The number of piperazine rings is 1. The third-order valence-electron chi connectivity index (χ3n) is 5.32. The number of carbonyl (C=O) groups is 2. The van der Waals surface area contributed by atoms with E-state index in [1.54, 1.807) is 19.1 Å². The van der Waals surface area contributed by atoms with E-state index in [4.69, 9.17) is 4.74 Å². The van der Waals surface area contributed by atoms with Crippen molar-refractivity contribution in [2.45, 2.75) is 24.7 Å². The molecular formula is C22H25N3O7S. The minimum absolute atomic E-state index is 0.0327. The van der Waals surface area contributed by atoms with Gasteiger partial charge in [0.1, 0.15) is 11.5 Å². The number of hydrogen-bond donors (Lipinski definition) is 0. The SMILES string of the molecule is CC(=O)CCc1ccc(OCC(=O)N2CCN(S(=O)(=O)c3ccccc3[N+](=O)[O-])CC2)cc1. The van der Waals surface area contributed by atoms with Crippen LogP contribution in [-0.2, 0) is 26.0 Å². The van der Waals surface area contributed by atoms with E-state index in [-0.39, 0.29) is 49.4 Å². The van der Waals surface area contributed by atoms with Crippen molar-refractivity contribution in [3.63, 3.8) is 0 Å². The first kappa shape index (κ1) is 24.3. The number of hydrogen-bond acceptors (Lipinski definition) is 7. The molecular weight excluding hydrogens is 450 g/mol. The van der Waals surface area contributed by atoms with Crippen LogP contribution in [0.4, 0.5) is 5.69 Å². The Bertz CT molecular complexity index is 1120. The van der Waals surface area contributed by atoms with Crippen LogP contribution >= 0.6 is 0 Å². The van der Waals surface area contributed by atoms with Gasteiger partial charge >= 0.3 is 0 Å². The number of rotatable bonds is 9. The molecule has 1 aliphatic heterocycles. The fraction of sp³-hybridized carbons (Fsp3) is 0.364. The van der Waals surface area contributed by atoms with Gasteiger partial charge in [0.15, 0.2) is 11.5 Å². The summed E-state index contributed by atoms with van der Waals surface area (Å²) in [5.41, 5.74) is 0.525. The Morgan fingerprint density at radius 2 is 1.67 bits per heavy atom. The number of nitro groups is 1. The number of carbonyl (C=O) groups excluding carboxylic acids is 2. The molecule has 1 heterocycles. The highest BCUT2D eigenvalue weighted by Crippen LogP contribution is 2.27. The average Bonchev–Trinajstić information content (AvgIpc) is 2.82. The van der Waals surface area contributed by atoms with Crippen molar-refractivity contribution in [3.8, 4) is 5.75 Å². The van der Waals surface area contributed by atoms with Crippen LogP contribution in [0.5, 0.6) is 5.75 Å². The van der Waals surface area contributed by atoms with Gasteiger partial charge in [-0.25, -0.2) is 8.42 Å². The first-order chi connectivity index (χ1) is 15.7. The molecule has 0 N–H and O–H groups in total. The lowest BCUT2D eigenvalue weighted by Gasteiger charge is -2.33. The number of Topliss-reactive ketones (excluding diaryl/α,β-unsaturated/α-hetero) is 1. The van der Waals surface area contributed by atoms with Gasteiger partial charge in [0.05, 0.1) is 4.92 Å². The summed E-state index contributed by atoms with van der Waals surface area (Å²) in [6.45, 7) is 1.74. The van der Waals surface area contributed by atoms with Crippen molar-refractivity contribution >= 4 is 27.4 Å². The van der Waals surface area contributed by atoms with Gasteiger partial charge in [-0.2, -0.15) is 4.31 Å². The average molecular weight is 476 g/mol. The number of aryl methyl sites for hydroxylation is 1. The smallest absolute Gasteiger partial charge is 0.289 e. The molecule has 1 fully saturated rings.